The molecular formula is C14H15Cl2NO4. The molecule has 2 rings (SSSR count). The number of aromatic hydroxyl groups is 1. The molecule has 1 saturated carbocycles. The molecule has 0 spiro atoms. The average molecular weight is 332 g/mol. The van der Waals surface area contributed by atoms with Gasteiger partial charge in [-0.2, -0.15) is 0 Å². The SMILES string of the molecule is CCOC(=O)[C@@H]1C[C@H]1CNC(=O)c1cc(Cl)cc(Cl)c1O. The van der Waals surface area contributed by atoms with Crippen molar-refractivity contribution < 1.29 is 19.4 Å². The zero-order valence-corrected chi connectivity index (χ0v) is 12.9. The summed E-state index contributed by atoms with van der Waals surface area (Å²) in [5.74, 6) is -1.10. The van der Waals surface area contributed by atoms with Crippen LogP contribution in [-0.4, -0.2) is 30.1 Å². The van der Waals surface area contributed by atoms with Crippen molar-refractivity contribution in [2.45, 2.75) is 13.3 Å². The quantitative estimate of drug-likeness (QED) is 0.813. The predicted molar refractivity (Wildman–Crippen MR) is 78.7 cm³/mol. The van der Waals surface area contributed by atoms with Gasteiger partial charge in [0.1, 0.15) is 5.75 Å². The van der Waals surface area contributed by atoms with Gasteiger partial charge in [0.05, 0.1) is 23.1 Å². The monoisotopic (exact) mass is 331 g/mol. The van der Waals surface area contributed by atoms with Gasteiger partial charge in [0, 0.05) is 11.6 Å². The predicted octanol–water partition coefficient (Wildman–Crippen LogP) is 2.63. The highest BCUT2D eigenvalue weighted by molar-refractivity contribution is 6.36. The summed E-state index contributed by atoms with van der Waals surface area (Å²) in [6, 6.07) is 2.70. The number of hydrogen-bond acceptors (Lipinski definition) is 4. The van der Waals surface area contributed by atoms with E-state index in [4.69, 9.17) is 27.9 Å². The van der Waals surface area contributed by atoms with Gasteiger partial charge < -0.3 is 15.2 Å². The highest BCUT2D eigenvalue weighted by atomic mass is 35.5. The molecule has 5 nitrogen and oxygen atoms in total. The van der Waals surface area contributed by atoms with Crippen LogP contribution in [0.1, 0.15) is 23.7 Å². The maximum Gasteiger partial charge on any atom is 0.309 e. The first-order valence-corrected chi connectivity index (χ1v) is 7.32. The Labute approximate surface area is 132 Å². The molecule has 1 fully saturated rings. The second-order valence-corrected chi connectivity index (χ2v) is 5.69. The van der Waals surface area contributed by atoms with Crippen molar-refractivity contribution in [2.75, 3.05) is 13.2 Å². The van der Waals surface area contributed by atoms with Crippen LogP contribution in [0.25, 0.3) is 0 Å². The molecule has 0 unspecified atom stereocenters. The molecule has 0 saturated heterocycles. The molecular weight excluding hydrogens is 317 g/mol. The van der Waals surface area contributed by atoms with Crippen LogP contribution in [0.4, 0.5) is 0 Å². The summed E-state index contributed by atoms with van der Waals surface area (Å²) in [5.41, 5.74) is 0.0147. The Morgan fingerprint density at radius 1 is 1.43 bits per heavy atom. The van der Waals surface area contributed by atoms with Gasteiger partial charge in [-0.05, 0) is 31.4 Å². The number of hydrogen-bond donors (Lipinski definition) is 2. The van der Waals surface area contributed by atoms with Crippen LogP contribution in [-0.2, 0) is 9.53 Å². The van der Waals surface area contributed by atoms with E-state index < -0.39 is 5.91 Å². The lowest BCUT2D eigenvalue weighted by Gasteiger charge is -2.08. The molecule has 2 atom stereocenters. The zero-order chi connectivity index (χ0) is 15.6. The number of ether oxygens (including phenoxy) is 1. The Hall–Kier alpha value is -1.46. The van der Waals surface area contributed by atoms with Crippen LogP contribution in [0.5, 0.6) is 5.75 Å². The lowest BCUT2D eigenvalue weighted by Crippen LogP contribution is -2.26. The molecule has 114 valence electrons. The van der Waals surface area contributed by atoms with Crippen LogP contribution in [0.3, 0.4) is 0 Å². The Morgan fingerprint density at radius 3 is 2.81 bits per heavy atom. The molecule has 2 N–H and O–H groups in total. The molecule has 0 radical (unpaired) electrons. The van der Waals surface area contributed by atoms with Gasteiger partial charge in [0.25, 0.3) is 5.91 Å². The number of rotatable bonds is 5. The van der Waals surface area contributed by atoms with E-state index in [1.165, 1.54) is 12.1 Å². The number of carbonyl (C=O) groups excluding carboxylic acids is 2. The molecule has 0 bridgehead atoms. The summed E-state index contributed by atoms with van der Waals surface area (Å²) in [6.07, 6.45) is 0.696. The number of halogens is 2. The number of amides is 1. The van der Waals surface area contributed by atoms with Gasteiger partial charge in [-0.25, -0.2) is 0 Å². The maximum absolute atomic E-state index is 12.0. The molecule has 21 heavy (non-hydrogen) atoms. The van der Waals surface area contributed by atoms with E-state index in [2.05, 4.69) is 5.32 Å². The zero-order valence-electron chi connectivity index (χ0n) is 11.4. The van der Waals surface area contributed by atoms with Crippen molar-refractivity contribution in [3.63, 3.8) is 0 Å². The highest BCUT2D eigenvalue weighted by Crippen LogP contribution is 2.39. The van der Waals surface area contributed by atoms with Crippen LogP contribution in [0, 0.1) is 11.8 Å². The molecule has 1 aliphatic carbocycles. The Kier molecular flexibility index (Phi) is 4.96. The minimum absolute atomic E-state index is 0.0147. The van der Waals surface area contributed by atoms with Crippen LogP contribution in [0.15, 0.2) is 12.1 Å². The van der Waals surface area contributed by atoms with E-state index >= 15 is 0 Å². The van der Waals surface area contributed by atoms with Gasteiger partial charge in [-0.15, -0.1) is 0 Å². The van der Waals surface area contributed by atoms with Crippen molar-refractivity contribution in [1.29, 1.82) is 0 Å². The topological polar surface area (TPSA) is 75.6 Å². The van der Waals surface area contributed by atoms with Crippen molar-refractivity contribution >= 4 is 35.1 Å². The molecule has 7 heteroatoms. The second-order valence-electron chi connectivity index (χ2n) is 4.85. The van der Waals surface area contributed by atoms with E-state index in [-0.39, 0.29) is 39.2 Å². The second kappa shape index (κ2) is 6.54. The van der Waals surface area contributed by atoms with Crippen LogP contribution in [0.2, 0.25) is 10.0 Å². The minimum Gasteiger partial charge on any atom is -0.506 e. The fourth-order valence-electron chi connectivity index (χ4n) is 2.07. The number of phenols is 1. The first kappa shape index (κ1) is 15.9. The molecule has 0 heterocycles. The van der Waals surface area contributed by atoms with E-state index in [1.807, 2.05) is 0 Å². The smallest absolute Gasteiger partial charge is 0.309 e. The van der Waals surface area contributed by atoms with E-state index in [1.54, 1.807) is 6.92 Å². The van der Waals surface area contributed by atoms with Gasteiger partial charge >= 0.3 is 5.97 Å². The minimum atomic E-state index is -0.480. The Morgan fingerprint density at radius 2 is 2.14 bits per heavy atom. The average Bonchev–Trinajstić information content (AvgIpc) is 3.20. The molecule has 1 amide bonds. The van der Waals surface area contributed by atoms with Gasteiger partial charge in [-0.3, -0.25) is 9.59 Å². The molecule has 1 aliphatic rings. The van der Waals surface area contributed by atoms with Gasteiger partial charge in [0.15, 0.2) is 0 Å². The lowest BCUT2D eigenvalue weighted by molar-refractivity contribution is -0.145. The van der Waals surface area contributed by atoms with Crippen molar-refractivity contribution in [1.82, 2.24) is 5.32 Å². The molecule has 0 aliphatic heterocycles. The standard InChI is InChI=1S/C14H15Cl2NO4/c1-2-21-14(20)9-3-7(9)6-17-13(19)10-4-8(15)5-11(16)12(10)18/h4-5,7,9,18H,2-3,6H2,1H3,(H,17,19)/t7-,9+/m0/s1. The summed E-state index contributed by atoms with van der Waals surface area (Å²) in [7, 11) is 0. The summed E-state index contributed by atoms with van der Waals surface area (Å²) < 4.78 is 4.91. The van der Waals surface area contributed by atoms with Gasteiger partial charge in [0.2, 0.25) is 0 Å². The molecule has 0 aromatic heterocycles. The number of carbonyl (C=O) groups is 2. The number of phenolic OH excluding ortho intramolecular Hbond substituents is 1. The Bertz CT molecular complexity index is 576. The summed E-state index contributed by atoms with van der Waals surface area (Å²) in [5, 5.41) is 12.7. The first-order valence-electron chi connectivity index (χ1n) is 6.56. The largest absolute Gasteiger partial charge is 0.506 e. The number of nitrogens with one attached hydrogen (secondary N) is 1. The summed E-state index contributed by atoms with van der Waals surface area (Å²) in [6.45, 7) is 2.44. The lowest BCUT2D eigenvalue weighted by atomic mass is 10.2. The highest BCUT2D eigenvalue weighted by Gasteiger charge is 2.44. The fourth-order valence-corrected chi connectivity index (χ4v) is 2.56. The number of esters is 1. The third-order valence-corrected chi connectivity index (χ3v) is 3.82. The van der Waals surface area contributed by atoms with E-state index in [9.17, 15) is 14.7 Å². The fraction of sp³-hybridized carbons (Fsp3) is 0.429. The maximum atomic E-state index is 12.0. The number of benzene rings is 1. The van der Waals surface area contributed by atoms with E-state index in [0.29, 0.717) is 19.6 Å². The van der Waals surface area contributed by atoms with Crippen molar-refractivity contribution in [3.8, 4) is 5.75 Å². The van der Waals surface area contributed by atoms with E-state index in [0.717, 1.165) is 0 Å². The Balaban J connectivity index is 1.91. The van der Waals surface area contributed by atoms with Crippen LogP contribution < -0.4 is 5.32 Å². The third kappa shape index (κ3) is 3.80. The third-order valence-electron chi connectivity index (χ3n) is 3.31. The molecule has 1 aromatic rings. The van der Waals surface area contributed by atoms with Gasteiger partial charge in [-0.1, -0.05) is 23.2 Å². The first-order chi connectivity index (χ1) is 9.93. The molecule has 1 aromatic carbocycles. The van der Waals surface area contributed by atoms with Crippen molar-refractivity contribution in [3.05, 3.63) is 27.7 Å². The van der Waals surface area contributed by atoms with Crippen LogP contribution >= 0.6 is 23.2 Å². The summed E-state index contributed by atoms with van der Waals surface area (Å²) >= 11 is 11.6. The summed E-state index contributed by atoms with van der Waals surface area (Å²) in [4.78, 5) is 23.5. The van der Waals surface area contributed by atoms with Crippen molar-refractivity contribution in [2.24, 2.45) is 11.8 Å². The normalized spacial score (nSPS) is 20.0.